The molecular weight excluding hydrogens is 212 g/mol. The number of hydrogen-bond donors (Lipinski definition) is 0. The number of benzene rings is 1. The van der Waals surface area contributed by atoms with E-state index in [1.54, 1.807) is 26.1 Å². The first kappa shape index (κ1) is 8.59. The molecule has 17 heavy (non-hydrogen) atoms. The third-order valence-electron chi connectivity index (χ3n) is 2.97. The lowest BCUT2D eigenvalue weighted by molar-refractivity contribution is 0.286. The topological polar surface area (TPSA) is 17.4 Å². The molecule has 0 radical (unpaired) electrons. The molecule has 0 fully saturated rings. The van der Waals surface area contributed by atoms with Gasteiger partial charge in [-0.15, -0.1) is 0 Å². The van der Waals surface area contributed by atoms with Crippen molar-refractivity contribution in [1.82, 2.24) is 9.47 Å². The fraction of sp³-hybridized carbons (Fsp3) is 0.429. The average molecular weight is 235 g/mol. The lowest BCUT2D eigenvalue weighted by Crippen LogP contribution is -2.28. The van der Waals surface area contributed by atoms with Crippen molar-refractivity contribution in [1.29, 1.82) is 0 Å². The van der Waals surface area contributed by atoms with Gasteiger partial charge in [0.2, 0.25) is 0 Å². The van der Waals surface area contributed by atoms with E-state index in [1.807, 2.05) is 35.0 Å². The second-order valence-electron chi connectivity index (χ2n) is 4.37. The minimum atomic E-state index is -2.01. The van der Waals surface area contributed by atoms with Crippen molar-refractivity contribution in [3.05, 3.63) is 30.5 Å². The Hall–Kier alpha value is -1.48. The Kier molecular flexibility index (Phi) is 2.42. The molecule has 1 heterocycles. The number of ether oxygens (including phenoxy) is 1. The van der Waals surface area contributed by atoms with E-state index in [0.29, 0.717) is 6.54 Å². The summed E-state index contributed by atoms with van der Waals surface area (Å²) in [6.45, 7) is -1.58. The van der Waals surface area contributed by atoms with Crippen LogP contribution >= 0.6 is 0 Å². The van der Waals surface area contributed by atoms with Gasteiger partial charge in [-0.1, -0.05) is 0 Å². The van der Waals surface area contributed by atoms with Crippen LogP contribution in [0.25, 0.3) is 10.9 Å². The fourth-order valence-electron chi connectivity index (χ4n) is 1.81. The van der Waals surface area contributed by atoms with Crippen molar-refractivity contribution in [3.8, 4) is 5.75 Å². The van der Waals surface area contributed by atoms with E-state index in [1.165, 1.54) is 0 Å². The Bertz CT molecular complexity index is 590. The summed E-state index contributed by atoms with van der Waals surface area (Å²) < 4.78 is 30.1. The molecule has 3 nitrogen and oxygen atoms in total. The summed E-state index contributed by atoms with van der Waals surface area (Å²) in [4.78, 5) is 1.75. The first-order valence-electron chi connectivity index (χ1n) is 7.12. The molecule has 0 bridgehead atoms. The number of hydrogen-bond acceptors (Lipinski definition) is 2. The Morgan fingerprint density at radius 1 is 1.41 bits per heavy atom. The van der Waals surface area contributed by atoms with Crippen molar-refractivity contribution >= 4 is 10.9 Å². The number of rotatable bonds is 4. The number of fused-ring (bicyclic) bond motifs is 1. The summed E-state index contributed by atoms with van der Waals surface area (Å²) in [6, 6.07) is 7.26. The molecule has 0 aliphatic rings. The Labute approximate surface area is 107 Å². The van der Waals surface area contributed by atoms with Crippen LogP contribution in [0.3, 0.4) is 0 Å². The van der Waals surface area contributed by atoms with Crippen LogP contribution in [0.4, 0.5) is 0 Å². The summed E-state index contributed by atoms with van der Waals surface area (Å²) in [5.41, 5.74) is 1.02. The highest BCUT2D eigenvalue weighted by Crippen LogP contribution is 2.22. The molecule has 2 rings (SSSR count). The third kappa shape index (κ3) is 2.44. The van der Waals surface area contributed by atoms with Gasteiger partial charge < -0.3 is 14.2 Å². The molecule has 0 aliphatic carbocycles. The lowest BCUT2D eigenvalue weighted by Gasteiger charge is -2.20. The van der Waals surface area contributed by atoms with Crippen LogP contribution in [-0.2, 0) is 6.54 Å². The molecule has 1 aromatic carbocycles. The Morgan fingerprint density at radius 2 is 2.24 bits per heavy atom. The maximum absolute atomic E-state index is 7.65. The molecule has 0 saturated carbocycles. The maximum Gasteiger partial charge on any atom is 0.119 e. The van der Waals surface area contributed by atoms with E-state index in [2.05, 4.69) is 0 Å². The zero-order chi connectivity index (χ0) is 14.9. The van der Waals surface area contributed by atoms with Crippen LogP contribution in [0.2, 0.25) is 0 Å². The summed E-state index contributed by atoms with van der Waals surface area (Å²) >= 11 is 0. The molecule has 0 unspecified atom stereocenters. The zero-order valence-electron chi connectivity index (χ0n) is 13.5. The van der Waals surface area contributed by atoms with E-state index < -0.39 is 12.9 Å². The number of likely N-dealkylation sites (N-methyl/N-ethyl adjacent to an activating group) is 1. The van der Waals surface area contributed by atoms with Gasteiger partial charge in [0.1, 0.15) is 5.75 Å². The monoisotopic (exact) mass is 235 g/mol. The second kappa shape index (κ2) is 4.80. The van der Waals surface area contributed by atoms with Crippen LogP contribution < -0.4 is 4.74 Å². The van der Waals surface area contributed by atoms with E-state index in [4.69, 9.17) is 8.85 Å². The van der Waals surface area contributed by atoms with Gasteiger partial charge in [-0.2, -0.15) is 0 Å². The molecule has 0 aliphatic heterocycles. The molecule has 1 atom stereocenters. The Morgan fingerprint density at radius 3 is 2.88 bits per heavy atom. The van der Waals surface area contributed by atoms with E-state index in [0.717, 1.165) is 16.7 Å². The zero-order valence-corrected chi connectivity index (χ0v) is 10.5. The molecule has 2 aromatic rings. The highest BCUT2D eigenvalue weighted by molar-refractivity contribution is 5.81. The van der Waals surface area contributed by atoms with Gasteiger partial charge in [-0.05, 0) is 45.2 Å². The SMILES string of the molecule is [2H]C([2H])([2H])[C@@H](Cn1ccc2cc(OC)ccc21)N(C)C. The molecule has 3 heteroatoms. The van der Waals surface area contributed by atoms with Gasteiger partial charge in [0, 0.05) is 33.8 Å². The highest BCUT2D eigenvalue weighted by atomic mass is 16.5. The standard InChI is InChI=1S/C14H20N2O/c1-11(15(2)3)10-16-8-7-12-9-13(17-4)5-6-14(12)16/h5-9,11H,10H2,1-4H3/t11-/m0/s1/i1D3. The molecule has 0 amide bonds. The van der Waals surface area contributed by atoms with E-state index in [9.17, 15) is 0 Å². The first-order chi connectivity index (χ1) is 9.32. The molecule has 0 N–H and O–H groups in total. The number of aromatic nitrogens is 1. The molecular formula is C14H20N2O. The van der Waals surface area contributed by atoms with Crippen LogP contribution in [0, 0.1) is 0 Å². The predicted octanol–water partition coefficient (Wildman–Crippen LogP) is 2.60. The second-order valence-corrected chi connectivity index (χ2v) is 4.37. The number of methoxy groups -OCH3 is 1. The molecule has 1 aromatic heterocycles. The fourth-order valence-corrected chi connectivity index (χ4v) is 1.81. The van der Waals surface area contributed by atoms with Gasteiger partial charge in [-0.25, -0.2) is 0 Å². The molecule has 0 saturated heterocycles. The van der Waals surface area contributed by atoms with E-state index in [-0.39, 0.29) is 0 Å². The van der Waals surface area contributed by atoms with Crippen molar-refractivity contribution in [2.45, 2.75) is 19.4 Å². The van der Waals surface area contributed by atoms with Gasteiger partial charge >= 0.3 is 0 Å². The third-order valence-corrected chi connectivity index (χ3v) is 2.97. The quantitative estimate of drug-likeness (QED) is 0.810. The van der Waals surface area contributed by atoms with Gasteiger partial charge in [0.15, 0.2) is 0 Å². The van der Waals surface area contributed by atoms with Crippen molar-refractivity contribution in [3.63, 3.8) is 0 Å². The number of nitrogens with zero attached hydrogens (tertiary/aromatic N) is 2. The van der Waals surface area contributed by atoms with Gasteiger partial charge in [-0.3, -0.25) is 0 Å². The normalized spacial score (nSPS) is 16.6. The van der Waals surface area contributed by atoms with Crippen molar-refractivity contribution < 1.29 is 8.85 Å². The minimum absolute atomic E-state index is 0.430. The summed E-state index contributed by atoms with van der Waals surface area (Å²) in [5.74, 6) is 0.801. The largest absolute Gasteiger partial charge is 0.497 e. The van der Waals surface area contributed by atoms with Gasteiger partial charge in [0.25, 0.3) is 0 Å². The maximum atomic E-state index is 7.65. The molecule has 92 valence electrons. The minimum Gasteiger partial charge on any atom is -0.497 e. The van der Waals surface area contributed by atoms with Crippen molar-refractivity contribution in [2.75, 3.05) is 21.2 Å². The van der Waals surface area contributed by atoms with Crippen LogP contribution in [0.5, 0.6) is 5.75 Å². The van der Waals surface area contributed by atoms with Crippen molar-refractivity contribution in [2.24, 2.45) is 0 Å². The first-order valence-corrected chi connectivity index (χ1v) is 5.62. The average Bonchev–Trinajstić information content (AvgIpc) is 2.76. The summed E-state index contributed by atoms with van der Waals surface area (Å²) in [6.07, 6.45) is 1.92. The highest BCUT2D eigenvalue weighted by Gasteiger charge is 2.08. The van der Waals surface area contributed by atoms with E-state index >= 15 is 0 Å². The lowest BCUT2D eigenvalue weighted by atomic mass is 10.2. The summed E-state index contributed by atoms with van der Waals surface area (Å²) in [7, 11) is 5.23. The predicted molar refractivity (Wildman–Crippen MR) is 71.6 cm³/mol. The smallest absolute Gasteiger partial charge is 0.119 e. The van der Waals surface area contributed by atoms with Crippen LogP contribution in [0.1, 0.15) is 11.0 Å². The summed E-state index contributed by atoms with van der Waals surface area (Å²) in [5, 5.41) is 1.05. The van der Waals surface area contributed by atoms with Crippen LogP contribution in [-0.4, -0.2) is 36.7 Å². The molecule has 0 spiro atoms. The van der Waals surface area contributed by atoms with Gasteiger partial charge in [0.05, 0.1) is 7.11 Å². The Balaban J connectivity index is 2.33. The van der Waals surface area contributed by atoms with Crippen LogP contribution in [0.15, 0.2) is 30.5 Å².